The van der Waals surface area contributed by atoms with Crippen molar-refractivity contribution in [1.29, 1.82) is 0 Å². The Kier molecular flexibility index (Phi) is 3.39. The van der Waals surface area contributed by atoms with Gasteiger partial charge in [-0.05, 0) is 12.0 Å². The second-order valence-corrected chi connectivity index (χ2v) is 2.89. The average Bonchev–Trinajstić information content (AvgIpc) is 1.82. The van der Waals surface area contributed by atoms with Gasteiger partial charge in [-0.25, -0.2) is 4.21 Å². The molecular weight excluding hydrogens is 190 g/mol. The molecule has 0 radical (unpaired) electrons. The molecule has 8 heteroatoms. The number of nitrogens with zero attached hydrogens (tertiary/aromatic N) is 1. The van der Waals surface area contributed by atoms with E-state index < -0.39 is 27.9 Å². The number of hydrogen-bond acceptors (Lipinski definition) is 2. The fourth-order valence-electron chi connectivity index (χ4n) is 0.285. The molecule has 0 aromatic heterocycles. The van der Waals surface area contributed by atoms with Crippen LogP contribution in [-0.4, -0.2) is 25.6 Å². The molecule has 0 aromatic rings. The van der Waals surface area contributed by atoms with Gasteiger partial charge in [0.1, 0.15) is 5.37 Å². The maximum atomic E-state index is 11.9. The maximum absolute atomic E-state index is 11.9. The van der Waals surface area contributed by atoms with E-state index >= 15 is 0 Å². The van der Waals surface area contributed by atoms with Gasteiger partial charge in [0.2, 0.25) is 0 Å². The zero-order valence-corrected chi connectivity index (χ0v) is 6.12. The third kappa shape index (κ3) is 3.12. The van der Waals surface area contributed by atoms with Gasteiger partial charge < -0.3 is 4.55 Å². The molecule has 0 saturated heterocycles. The van der Waals surface area contributed by atoms with Gasteiger partial charge in [-0.3, -0.25) is 0 Å². The molecule has 0 bridgehead atoms. The number of alkyl halides is 3. The smallest absolute Gasteiger partial charge is 0.305 e. The van der Waals surface area contributed by atoms with Crippen molar-refractivity contribution in [3.05, 3.63) is 0 Å². The van der Waals surface area contributed by atoms with Crippen molar-refractivity contribution in [2.45, 2.75) is 18.6 Å². The molecule has 2 unspecified atom stereocenters. The van der Waals surface area contributed by atoms with Crippen LogP contribution in [0.3, 0.4) is 0 Å². The molecule has 11 heavy (non-hydrogen) atoms. The van der Waals surface area contributed by atoms with Crippen LogP contribution >= 0.6 is 0 Å². The van der Waals surface area contributed by atoms with E-state index in [1.807, 2.05) is 0 Å². The summed E-state index contributed by atoms with van der Waals surface area (Å²) in [5.41, 5.74) is 0. The molecule has 0 heterocycles. The molecule has 68 valence electrons. The van der Waals surface area contributed by atoms with Crippen molar-refractivity contribution in [2.24, 2.45) is 0 Å². The second-order valence-electron chi connectivity index (χ2n) is 1.65. The predicted molar refractivity (Wildman–Crippen MR) is 29.2 cm³/mol. The summed E-state index contributed by atoms with van der Waals surface area (Å²) in [6.07, 6.45) is -5.22. The van der Waals surface area contributed by atoms with E-state index in [9.17, 15) is 21.9 Å². The van der Waals surface area contributed by atoms with Crippen LogP contribution in [0.2, 0.25) is 0 Å². The van der Waals surface area contributed by atoms with Crippen molar-refractivity contribution >= 4 is 11.1 Å². The van der Waals surface area contributed by atoms with Crippen molar-refractivity contribution < 1.29 is 26.4 Å². The minimum atomic E-state index is -5.22. The predicted octanol–water partition coefficient (Wildman–Crippen LogP) is 1.26. The molecule has 1 N–H and O–H groups in total. The Hall–Kier alpha value is -0.210. The first-order valence-electron chi connectivity index (χ1n) is 2.38. The third-order valence-corrected chi connectivity index (χ3v) is 1.62. The van der Waals surface area contributed by atoms with E-state index in [1.165, 1.54) is 0 Å². The van der Waals surface area contributed by atoms with Crippen molar-refractivity contribution in [3.8, 4) is 0 Å². The monoisotopic (exact) mass is 195 g/mol. The van der Waals surface area contributed by atoms with E-state index in [1.54, 1.807) is 0 Å². The normalized spacial score (nSPS) is 18.5. The van der Waals surface area contributed by atoms with E-state index in [0.717, 1.165) is 0 Å². The maximum Gasteiger partial charge on any atom is 0.488 e. The highest BCUT2D eigenvalue weighted by molar-refractivity contribution is 7.79. The summed E-state index contributed by atoms with van der Waals surface area (Å²) in [4.78, 5) is 0. The highest BCUT2D eigenvalue weighted by Crippen LogP contribution is 2.24. The molecule has 0 aromatic carbocycles. The highest BCUT2D eigenvalue weighted by atomic mass is 32.2. The summed E-state index contributed by atoms with van der Waals surface area (Å²) < 4.78 is 64.0. The molecule has 2 atom stereocenters. The Morgan fingerprint density at radius 3 is 2.00 bits per heavy atom. The number of halogens is 4. The fourth-order valence-corrected chi connectivity index (χ4v) is 0.563. The second kappa shape index (κ2) is 3.46. The van der Waals surface area contributed by atoms with Crippen LogP contribution < -0.4 is 0 Å². The Morgan fingerprint density at radius 2 is 1.91 bits per heavy atom. The van der Waals surface area contributed by atoms with Gasteiger partial charge in [0.05, 0.1) is 0 Å². The van der Waals surface area contributed by atoms with Gasteiger partial charge in [0.25, 0.3) is 0 Å². The molecule has 0 aliphatic rings. The number of hydrogen-bond donors (Lipinski definition) is 1. The van der Waals surface area contributed by atoms with Gasteiger partial charge in [0, 0.05) is 0 Å². The van der Waals surface area contributed by atoms with E-state index in [2.05, 4.69) is 0 Å². The molecule has 0 aliphatic carbocycles. The van der Waals surface area contributed by atoms with Crippen LogP contribution in [0.1, 0.15) is 6.92 Å². The lowest BCUT2D eigenvalue weighted by molar-refractivity contribution is -0.316. The zero-order chi connectivity index (χ0) is 9.23. The Morgan fingerprint density at radius 1 is 1.55 bits per heavy atom. The summed E-state index contributed by atoms with van der Waals surface area (Å²) >= 11 is -2.86. The van der Waals surface area contributed by atoms with Gasteiger partial charge in [-0.2, -0.15) is 13.2 Å². The SMILES string of the molecule is CC(N(F)C(F)(F)F)S(=O)O. The zero-order valence-electron chi connectivity index (χ0n) is 5.30. The average molecular weight is 195 g/mol. The molecule has 0 fully saturated rings. The molecule has 0 saturated carbocycles. The Balaban J connectivity index is 4.25. The molecule has 0 amide bonds. The lowest BCUT2D eigenvalue weighted by Gasteiger charge is -2.18. The largest absolute Gasteiger partial charge is 0.488 e. The summed E-state index contributed by atoms with van der Waals surface area (Å²) in [5.74, 6) is 0. The van der Waals surface area contributed by atoms with E-state index in [0.29, 0.717) is 6.92 Å². The standard InChI is InChI=1S/C3H5F4NO2S/c1-2(11(9)10)8(7)3(4,5)6/h2H,1H3,(H,9,10). The Bertz CT molecular complexity index is 160. The van der Waals surface area contributed by atoms with Crippen LogP contribution in [0.25, 0.3) is 0 Å². The van der Waals surface area contributed by atoms with Gasteiger partial charge >= 0.3 is 6.30 Å². The summed E-state index contributed by atoms with van der Waals surface area (Å²) in [6, 6.07) is 0. The van der Waals surface area contributed by atoms with Crippen LogP contribution in [0.4, 0.5) is 17.7 Å². The first-order valence-corrected chi connectivity index (χ1v) is 3.55. The molecule has 0 spiro atoms. The third-order valence-electron chi connectivity index (χ3n) is 0.853. The first kappa shape index (κ1) is 10.8. The minimum Gasteiger partial charge on any atom is -0.305 e. The summed E-state index contributed by atoms with van der Waals surface area (Å²) in [7, 11) is 0. The van der Waals surface area contributed by atoms with Crippen LogP contribution in [0.15, 0.2) is 0 Å². The highest BCUT2D eigenvalue weighted by Gasteiger charge is 2.43. The number of rotatable bonds is 2. The molecule has 0 aliphatic heterocycles. The van der Waals surface area contributed by atoms with Gasteiger partial charge in [-0.15, -0.1) is 4.48 Å². The lowest BCUT2D eigenvalue weighted by atomic mass is 10.7. The van der Waals surface area contributed by atoms with Crippen LogP contribution in [-0.2, 0) is 11.1 Å². The molecule has 3 nitrogen and oxygen atoms in total. The summed E-state index contributed by atoms with van der Waals surface area (Å²) in [5, 5.41) is -3.72. The minimum absolute atomic E-state index is 0.642. The van der Waals surface area contributed by atoms with Crippen molar-refractivity contribution in [3.63, 3.8) is 0 Å². The topological polar surface area (TPSA) is 40.5 Å². The lowest BCUT2D eigenvalue weighted by Crippen LogP contribution is -2.39. The van der Waals surface area contributed by atoms with Crippen molar-refractivity contribution in [2.75, 3.05) is 0 Å². The van der Waals surface area contributed by atoms with Crippen molar-refractivity contribution in [1.82, 2.24) is 5.12 Å². The Labute approximate surface area is 62.2 Å². The quantitative estimate of drug-likeness (QED) is 0.312. The van der Waals surface area contributed by atoms with Crippen LogP contribution in [0, 0.1) is 0 Å². The molecule has 0 rings (SSSR count). The van der Waals surface area contributed by atoms with E-state index in [-0.39, 0.29) is 0 Å². The summed E-state index contributed by atoms with van der Waals surface area (Å²) in [6.45, 7) is 0.642. The van der Waals surface area contributed by atoms with E-state index in [4.69, 9.17) is 4.55 Å². The fraction of sp³-hybridized carbons (Fsp3) is 1.00. The van der Waals surface area contributed by atoms with Gasteiger partial charge in [-0.1, -0.05) is 0 Å². The first-order chi connectivity index (χ1) is 4.76. The van der Waals surface area contributed by atoms with Crippen LogP contribution in [0.5, 0.6) is 0 Å². The van der Waals surface area contributed by atoms with Gasteiger partial charge in [0.15, 0.2) is 11.1 Å². The molecular formula is C3H5F4NO2S.